The van der Waals surface area contributed by atoms with Gasteiger partial charge in [0.15, 0.2) is 5.78 Å². The Kier molecular flexibility index (Phi) is 1.88. The summed E-state index contributed by atoms with van der Waals surface area (Å²) in [6.45, 7) is -0.225. The average molecular weight is 180 g/mol. The molecule has 1 aliphatic rings. The first-order valence-electron chi connectivity index (χ1n) is 4.17. The summed E-state index contributed by atoms with van der Waals surface area (Å²) < 4.78 is 13.2. The highest BCUT2D eigenvalue weighted by Gasteiger charge is 2.23. The van der Waals surface area contributed by atoms with Crippen LogP contribution in [-0.2, 0) is 13.0 Å². The third-order valence-corrected chi connectivity index (χ3v) is 2.34. The fourth-order valence-corrected chi connectivity index (χ4v) is 1.66. The molecule has 0 saturated carbocycles. The molecular formula is C10H9FO2. The maximum Gasteiger partial charge on any atom is 0.163 e. The number of Topliss-reactive ketones (excluding diaryl/α,β-unsaturated/α-hetero) is 1. The number of carbonyl (C=O) groups excluding carboxylic acids is 1. The van der Waals surface area contributed by atoms with Crippen LogP contribution in [0.2, 0.25) is 0 Å². The maximum atomic E-state index is 13.2. The summed E-state index contributed by atoms with van der Waals surface area (Å²) in [7, 11) is 0. The molecule has 0 amide bonds. The van der Waals surface area contributed by atoms with Gasteiger partial charge in [-0.2, -0.15) is 0 Å². The molecule has 0 bridgehead atoms. The molecule has 13 heavy (non-hydrogen) atoms. The highest BCUT2D eigenvalue weighted by molar-refractivity contribution is 6.00. The Bertz CT molecular complexity index is 371. The monoisotopic (exact) mass is 180 g/mol. The van der Waals surface area contributed by atoms with Gasteiger partial charge in [-0.3, -0.25) is 4.79 Å². The van der Waals surface area contributed by atoms with E-state index in [1.165, 1.54) is 6.07 Å². The minimum atomic E-state index is -0.368. The number of rotatable bonds is 1. The molecule has 0 saturated heterocycles. The largest absolute Gasteiger partial charge is 0.392 e. The molecule has 0 spiro atoms. The maximum absolute atomic E-state index is 13.2. The molecule has 1 N–H and O–H groups in total. The van der Waals surface area contributed by atoms with E-state index in [1.807, 2.05) is 0 Å². The van der Waals surface area contributed by atoms with Crippen LogP contribution in [0.25, 0.3) is 0 Å². The quantitative estimate of drug-likeness (QED) is 0.710. The lowest BCUT2D eigenvalue weighted by Gasteiger charge is -2.02. The second-order valence-corrected chi connectivity index (χ2v) is 3.19. The zero-order valence-electron chi connectivity index (χ0n) is 7.01. The molecule has 0 atom stereocenters. The third-order valence-electron chi connectivity index (χ3n) is 2.34. The average Bonchev–Trinajstić information content (AvgIpc) is 2.48. The molecule has 0 radical (unpaired) electrons. The molecule has 0 heterocycles. The van der Waals surface area contributed by atoms with Crippen LogP contribution in [0.15, 0.2) is 12.1 Å². The van der Waals surface area contributed by atoms with Gasteiger partial charge in [-0.15, -0.1) is 0 Å². The van der Waals surface area contributed by atoms with Gasteiger partial charge in [0.2, 0.25) is 0 Å². The molecule has 3 heteroatoms. The van der Waals surface area contributed by atoms with Crippen LogP contribution in [0, 0.1) is 5.82 Å². The normalized spacial score (nSPS) is 14.8. The molecule has 0 aromatic heterocycles. The van der Waals surface area contributed by atoms with E-state index in [-0.39, 0.29) is 18.2 Å². The zero-order chi connectivity index (χ0) is 9.42. The highest BCUT2D eigenvalue weighted by atomic mass is 19.1. The van der Waals surface area contributed by atoms with Crippen molar-refractivity contribution in [2.45, 2.75) is 19.4 Å². The van der Waals surface area contributed by atoms with E-state index in [0.717, 1.165) is 0 Å². The summed E-state index contributed by atoms with van der Waals surface area (Å²) in [5.74, 6) is -0.392. The molecule has 1 aliphatic carbocycles. The van der Waals surface area contributed by atoms with Crippen molar-refractivity contribution >= 4 is 5.78 Å². The van der Waals surface area contributed by atoms with E-state index in [2.05, 4.69) is 0 Å². The molecule has 1 aromatic carbocycles. The van der Waals surface area contributed by atoms with Crippen LogP contribution in [0.4, 0.5) is 4.39 Å². The molecule has 68 valence electrons. The number of ketones is 1. The fourth-order valence-electron chi connectivity index (χ4n) is 1.66. The first-order chi connectivity index (χ1) is 6.22. The number of benzene rings is 1. The Morgan fingerprint density at radius 1 is 1.38 bits per heavy atom. The first-order valence-corrected chi connectivity index (χ1v) is 4.17. The third kappa shape index (κ3) is 1.25. The van der Waals surface area contributed by atoms with Crippen LogP contribution in [-0.4, -0.2) is 10.9 Å². The minimum Gasteiger partial charge on any atom is -0.392 e. The summed E-state index contributed by atoms with van der Waals surface area (Å²) in [4.78, 5) is 11.2. The number of carbonyl (C=O) groups is 1. The van der Waals surface area contributed by atoms with Crippen molar-refractivity contribution in [2.24, 2.45) is 0 Å². The van der Waals surface area contributed by atoms with E-state index in [0.29, 0.717) is 29.5 Å². The summed E-state index contributed by atoms with van der Waals surface area (Å²) in [6.07, 6.45) is 0.882. The Morgan fingerprint density at radius 2 is 2.15 bits per heavy atom. The lowest BCUT2D eigenvalue weighted by Crippen LogP contribution is -1.96. The Labute approximate surface area is 75.0 Å². The van der Waals surface area contributed by atoms with Gasteiger partial charge in [0, 0.05) is 12.0 Å². The number of fused-ring (bicyclic) bond motifs is 1. The van der Waals surface area contributed by atoms with Crippen LogP contribution in [0.1, 0.15) is 27.9 Å². The Balaban J connectivity index is 2.60. The van der Waals surface area contributed by atoms with E-state index in [4.69, 9.17) is 5.11 Å². The van der Waals surface area contributed by atoms with Crippen LogP contribution in [0.3, 0.4) is 0 Å². The van der Waals surface area contributed by atoms with E-state index >= 15 is 0 Å². The number of aliphatic hydroxyl groups excluding tert-OH is 1. The standard InChI is InChI=1S/C10H9FO2/c11-9-4-6(5-12)3-8-7(9)1-2-10(8)13/h3-4,12H,1-2,5H2. The molecule has 2 rings (SSSR count). The van der Waals surface area contributed by atoms with Gasteiger partial charge in [-0.05, 0) is 29.7 Å². The summed E-state index contributed by atoms with van der Waals surface area (Å²) in [6, 6.07) is 2.87. The number of hydrogen-bond donors (Lipinski definition) is 1. The number of aliphatic hydroxyl groups is 1. The van der Waals surface area contributed by atoms with Gasteiger partial charge in [0.25, 0.3) is 0 Å². The second-order valence-electron chi connectivity index (χ2n) is 3.19. The lowest BCUT2D eigenvalue weighted by atomic mass is 10.1. The van der Waals surface area contributed by atoms with E-state index in [9.17, 15) is 9.18 Å². The molecule has 0 unspecified atom stereocenters. The van der Waals surface area contributed by atoms with Crippen molar-refractivity contribution in [3.8, 4) is 0 Å². The Hall–Kier alpha value is -1.22. The van der Waals surface area contributed by atoms with E-state index in [1.54, 1.807) is 6.07 Å². The van der Waals surface area contributed by atoms with Crippen molar-refractivity contribution in [3.63, 3.8) is 0 Å². The summed E-state index contributed by atoms with van der Waals surface area (Å²) in [5.41, 5.74) is 1.41. The number of hydrogen-bond acceptors (Lipinski definition) is 2. The van der Waals surface area contributed by atoms with Crippen molar-refractivity contribution in [1.82, 2.24) is 0 Å². The van der Waals surface area contributed by atoms with Gasteiger partial charge >= 0.3 is 0 Å². The van der Waals surface area contributed by atoms with Crippen molar-refractivity contribution in [2.75, 3.05) is 0 Å². The predicted octanol–water partition coefficient (Wildman–Crippen LogP) is 1.45. The zero-order valence-corrected chi connectivity index (χ0v) is 7.01. The summed E-state index contributed by atoms with van der Waals surface area (Å²) in [5, 5.41) is 8.80. The number of halogens is 1. The summed E-state index contributed by atoms with van der Waals surface area (Å²) >= 11 is 0. The van der Waals surface area contributed by atoms with Crippen LogP contribution in [0.5, 0.6) is 0 Å². The SMILES string of the molecule is O=C1CCc2c(F)cc(CO)cc21. The molecule has 0 aliphatic heterocycles. The van der Waals surface area contributed by atoms with Crippen molar-refractivity contribution in [3.05, 3.63) is 34.6 Å². The molecule has 2 nitrogen and oxygen atoms in total. The molecule has 0 fully saturated rings. The Morgan fingerprint density at radius 3 is 2.85 bits per heavy atom. The van der Waals surface area contributed by atoms with Gasteiger partial charge in [-0.25, -0.2) is 4.39 Å². The fraction of sp³-hybridized carbons (Fsp3) is 0.300. The smallest absolute Gasteiger partial charge is 0.163 e. The van der Waals surface area contributed by atoms with Gasteiger partial charge in [-0.1, -0.05) is 0 Å². The lowest BCUT2D eigenvalue weighted by molar-refractivity contribution is 0.0994. The predicted molar refractivity (Wildman–Crippen MR) is 45.0 cm³/mol. The molecule has 1 aromatic rings. The van der Waals surface area contributed by atoms with Crippen LogP contribution >= 0.6 is 0 Å². The first kappa shape index (κ1) is 8.38. The van der Waals surface area contributed by atoms with Crippen molar-refractivity contribution < 1.29 is 14.3 Å². The topological polar surface area (TPSA) is 37.3 Å². The van der Waals surface area contributed by atoms with Gasteiger partial charge < -0.3 is 5.11 Å². The van der Waals surface area contributed by atoms with Crippen LogP contribution < -0.4 is 0 Å². The van der Waals surface area contributed by atoms with Crippen molar-refractivity contribution in [1.29, 1.82) is 0 Å². The van der Waals surface area contributed by atoms with Gasteiger partial charge in [0.1, 0.15) is 5.82 Å². The minimum absolute atomic E-state index is 0.0239. The second kappa shape index (κ2) is 2.92. The van der Waals surface area contributed by atoms with Gasteiger partial charge in [0.05, 0.1) is 6.61 Å². The highest BCUT2D eigenvalue weighted by Crippen LogP contribution is 2.25. The molecular weight excluding hydrogens is 171 g/mol. The van der Waals surface area contributed by atoms with E-state index < -0.39 is 0 Å².